The largest absolute Gasteiger partial charge is 0.496 e. The molecule has 0 atom stereocenters. The lowest BCUT2D eigenvalue weighted by Gasteiger charge is -2.13. The summed E-state index contributed by atoms with van der Waals surface area (Å²) in [4.78, 5) is 0. The first kappa shape index (κ1) is 17.4. The molecule has 0 bridgehead atoms. The van der Waals surface area contributed by atoms with Crippen LogP contribution >= 0.6 is 0 Å². The molecule has 1 N–H and O–H groups in total. The summed E-state index contributed by atoms with van der Waals surface area (Å²) in [6.45, 7) is 8.36. The van der Waals surface area contributed by atoms with E-state index in [-0.39, 0.29) is 0 Å². The molecule has 0 aliphatic heterocycles. The summed E-state index contributed by atoms with van der Waals surface area (Å²) in [5.41, 5.74) is 2.22. The van der Waals surface area contributed by atoms with Gasteiger partial charge >= 0.3 is 0 Å². The van der Waals surface area contributed by atoms with Crippen LogP contribution < -0.4 is 19.5 Å². The Balaban J connectivity index is 2.94. The minimum absolute atomic E-state index is 0.647. The molecular formula is C17H27NO3. The third-order valence-corrected chi connectivity index (χ3v) is 3.09. The zero-order valence-corrected chi connectivity index (χ0v) is 13.9. The molecule has 118 valence electrons. The average molecular weight is 293 g/mol. The van der Waals surface area contributed by atoms with Gasteiger partial charge in [-0.25, -0.2) is 0 Å². The lowest BCUT2D eigenvalue weighted by molar-refractivity contribution is 0.348. The summed E-state index contributed by atoms with van der Waals surface area (Å²) >= 11 is 0. The van der Waals surface area contributed by atoms with Crippen molar-refractivity contribution < 1.29 is 14.2 Å². The first-order valence-corrected chi connectivity index (χ1v) is 7.19. The molecule has 1 rings (SSSR count). The Labute approximate surface area is 128 Å². The van der Waals surface area contributed by atoms with Crippen LogP contribution in [0.5, 0.6) is 17.2 Å². The smallest absolute Gasteiger partial charge is 0.164 e. The lowest BCUT2D eigenvalue weighted by Crippen LogP contribution is -2.21. The third-order valence-electron chi connectivity index (χ3n) is 3.09. The Bertz CT molecular complexity index is 481. The third kappa shape index (κ3) is 5.31. The van der Waals surface area contributed by atoms with Crippen molar-refractivity contribution in [3.8, 4) is 17.2 Å². The van der Waals surface area contributed by atoms with E-state index in [1.165, 1.54) is 5.57 Å². The van der Waals surface area contributed by atoms with E-state index in [4.69, 9.17) is 14.2 Å². The molecule has 0 aliphatic carbocycles. The molecule has 0 fully saturated rings. The van der Waals surface area contributed by atoms with Gasteiger partial charge in [0.15, 0.2) is 11.5 Å². The molecule has 0 heterocycles. The lowest BCUT2D eigenvalue weighted by atomic mass is 10.1. The predicted octanol–water partition coefficient (Wildman–Crippen LogP) is 3.36. The number of nitrogens with one attached hydrogen (secondary N) is 1. The van der Waals surface area contributed by atoms with E-state index in [0.29, 0.717) is 17.4 Å². The number of ether oxygens (including phenoxy) is 3. The predicted molar refractivity (Wildman–Crippen MR) is 87.5 cm³/mol. The topological polar surface area (TPSA) is 39.7 Å². The summed E-state index contributed by atoms with van der Waals surface area (Å²) < 4.78 is 16.1. The minimum atomic E-state index is 0.647. The molecule has 21 heavy (non-hydrogen) atoms. The van der Waals surface area contributed by atoms with Crippen LogP contribution in [-0.4, -0.2) is 34.4 Å². The molecule has 0 saturated heterocycles. The molecular weight excluding hydrogens is 266 g/mol. The molecule has 0 aromatic heterocycles. The monoisotopic (exact) mass is 293 g/mol. The Morgan fingerprint density at radius 2 is 1.62 bits per heavy atom. The molecule has 4 heteroatoms. The summed E-state index contributed by atoms with van der Waals surface area (Å²) in [6, 6.07) is 3.78. The van der Waals surface area contributed by atoms with Crippen LogP contribution in [0.25, 0.3) is 6.08 Å². The summed E-state index contributed by atoms with van der Waals surface area (Å²) in [5, 5.41) is 3.43. The maximum Gasteiger partial charge on any atom is 0.164 e. The van der Waals surface area contributed by atoms with Crippen molar-refractivity contribution >= 4 is 6.08 Å². The van der Waals surface area contributed by atoms with Crippen molar-refractivity contribution in [2.75, 3.05) is 34.4 Å². The Morgan fingerprint density at radius 3 is 2.14 bits per heavy atom. The number of rotatable bonds is 8. The van der Waals surface area contributed by atoms with Gasteiger partial charge in [-0.1, -0.05) is 25.5 Å². The number of benzene rings is 1. The van der Waals surface area contributed by atoms with E-state index in [9.17, 15) is 0 Å². The number of hydrogen-bond acceptors (Lipinski definition) is 4. The molecule has 4 nitrogen and oxygen atoms in total. The molecule has 0 aliphatic rings. The summed E-state index contributed by atoms with van der Waals surface area (Å²) in [6.07, 6.45) is 2.11. The Kier molecular flexibility index (Phi) is 7.09. The zero-order chi connectivity index (χ0) is 15.8. The van der Waals surface area contributed by atoms with Crippen molar-refractivity contribution in [3.63, 3.8) is 0 Å². The maximum absolute atomic E-state index is 5.43. The minimum Gasteiger partial charge on any atom is -0.496 e. The molecule has 1 aromatic carbocycles. The quantitative estimate of drug-likeness (QED) is 0.798. The molecule has 0 saturated carbocycles. The van der Waals surface area contributed by atoms with Gasteiger partial charge < -0.3 is 19.5 Å². The normalized spacial score (nSPS) is 11.7. The average Bonchev–Trinajstić information content (AvgIpc) is 2.46. The van der Waals surface area contributed by atoms with Gasteiger partial charge in [-0.3, -0.25) is 0 Å². The van der Waals surface area contributed by atoms with E-state index >= 15 is 0 Å². The van der Waals surface area contributed by atoms with Gasteiger partial charge in [0.25, 0.3) is 0 Å². The van der Waals surface area contributed by atoms with Gasteiger partial charge in [0, 0.05) is 18.2 Å². The fourth-order valence-electron chi connectivity index (χ4n) is 2.04. The summed E-state index contributed by atoms with van der Waals surface area (Å²) in [7, 11) is 4.91. The highest BCUT2D eigenvalue weighted by Crippen LogP contribution is 2.35. The molecule has 0 amide bonds. The van der Waals surface area contributed by atoms with Crippen molar-refractivity contribution in [1.29, 1.82) is 0 Å². The van der Waals surface area contributed by atoms with Crippen molar-refractivity contribution in [2.24, 2.45) is 5.92 Å². The van der Waals surface area contributed by atoms with Crippen LogP contribution in [0.15, 0.2) is 17.7 Å². The van der Waals surface area contributed by atoms with Gasteiger partial charge in [0.1, 0.15) is 5.75 Å². The number of hydrogen-bond donors (Lipinski definition) is 1. The second-order valence-electron chi connectivity index (χ2n) is 5.46. The first-order valence-electron chi connectivity index (χ1n) is 7.19. The van der Waals surface area contributed by atoms with Crippen LogP contribution in [0.1, 0.15) is 26.3 Å². The van der Waals surface area contributed by atoms with E-state index in [1.807, 2.05) is 12.1 Å². The molecule has 0 spiro atoms. The molecule has 0 unspecified atom stereocenters. The van der Waals surface area contributed by atoms with Gasteiger partial charge in [-0.05, 0) is 25.5 Å². The van der Waals surface area contributed by atoms with Crippen LogP contribution in [-0.2, 0) is 0 Å². The first-order chi connectivity index (χ1) is 10.0. The maximum atomic E-state index is 5.43. The van der Waals surface area contributed by atoms with Crippen LogP contribution in [0.4, 0.5) is 0 Å². The van der Waals surface area contributed by atoms with E-state index in [2.05, 4.69) is 32.2 Å². The standard InChI is InChI=1S/C17H27NO3/c1-12(2)10-18-11-13(3)7-14-8-16(20-5)17(21-6)9-15(14)19-4/h7-9,12,18H,10-11H2,1-6H3. The zero-order valence-electron chi connectivity index (χ0n) is 13.9. The van der Waals surface area contributed by atoms with Gasteiger partial charge in [-0.2, -0.15) is 0 Å². The van der Waals surface area contributed by atoms with E-state index in [0.717, 1.165) is 24.4 Å². The molecule has 1 aromatic rings. The molecule has 0 radical (unpaired) electrons. The Morgan fingerprint density at radius 1 is 1.05 bits per heavy atom. The van der Waals surface area contributed by atoms with E-state index < -0.39 is 0 Å². The van der Waals surface area contributed by atoms with Gasteiger partial charge in [-0.15, -0.1) is 0 Å². The van der Waals surface area contributed by atoms with Crippen LogP contribution in [0.2, 0.25) is 0 Å². The van der Waals surface area contributed by atoms with Gasteiger partial charge in [0.2, 0.25) is 0 Å². The highest BCUT2D eigenvalue weighted by Gasteiger charge is 2.10. The second kappa shape index (κ2) is 8.57. The SMILES string of the molecule is COc1cc(OC)c(OC)cc1C=C(C)CNCC(C)C. The Hall–Kier alpha value is -1.68. The second-order valence-corrected chi connectivity index (χ2v) is 5.46. The van der Waals surface area contributed by atoms with Crippen LogP contribution in [0, 0.1) is 5.92 Å². The van der Waals surface area contributed by atoms with Crippen molar-refractivity contribution in [2.45, 2.75) is 20.8 Å². The van der Waals surface area contributed by atoms with Crippen LogP contribution in [0.3, 0.4) is 0 Å². The highest BCUT2D eigenvalue weighted by atomic mass is 16.5. The van der Waals surface area contributed by atoms with E-state index in [1.54, 1.807) is 21.3 Å². The van der Waals surface area contributed by atoms with Gasteiger partial charge in [0.05, 0.1) is 21.3 Å². The van der Waals surface area contributed by atoms with Crippen molar-refractivity contribution in [1.82, 2.24) is 5.32 Å². The van der Waals surface area contributed by atoms with Crippen molar-refractivity contribution in [3.05, 3.63) is 23.3 Å². The highest BCUT2D eigenvalue weighted by molar-refractivity contribution is 5.65. The fourth-order valence-corrected chi connectivity index (χ4v) is 2.04. The number of methoxy groups -OCH3 is 3. The summed E-state index contributed by atoms with van der Waals surface area (Å²) in [5.74, 6) is 2.79. The fraction of sp³-hybridized carbons (Fsp3) is 0.529.